The number of nitrogens with zero attached hydrogens (tertiary/aromatic N) is 5. The Labute approximate surface area is 99.3 Å². The third kappa shape index (κ3) is 2.41. The molecule has 0 unspecified atom stereocenters. The summed E-state index contributed by atoms with van der Waals surface area (Å²) in [6, 6.07) is 0. The average Bonchev–Trinajstić information content (AvgIpc) is 2.89. The molecule has 0 atom stereocenters. The Morgan fingerprint density at radius 2 is 2.24 bits per heavy atom. The Morgan fingerprint density at radius 1 is 1.41 bits per heavy atom. The monoisotopic (exact) mass is 233 g/mol. The van der Waals surface area contributed by atoms with Gasteiger partial charge in [0.25, 0.3) is 0 Å². The van der Waals surface area contributed by atoms with Crippen molar-refractivity contribution in [2.24, 2.45) is 7.05 Å². The van der Waals surface area contributed by atoms with E-state index in [-0.39, 0.29) is 12.2 Å². The lowest BCUT2D eigenvalue weighted by atomic mass is 10.2. The van der Waals surface area contributed by atoms with Gasteiger partial charge in [-0.05, 0) is 6.42 Å². The number of hydrogen-bond acceptors (Lipinski definition) is 4. The van der Waals surface area contributed by atoms with Crippen LogP contribution in [-0.4, -0.2) is 30.1 Å². The average molecular weight is 233 g/mol. The molecule has 2 aromatic rings. The van der Waals surface area contributed by atoms with Gasteiger partial charge in [0.15, 0.2) is 5.82 Å². The first-order valence-electron chi connectivity index (χ1n) is 5.59. The number of carbonyl (C=O) groups is 1. The van der Waals surface area contributed by atoms with Crippen LogP contribution in [-0.2, 0) is 20.0 Å². The van der Waals surface area contributed by atoms with Gasteiger partial charge in [-0.2, -0.15) is 5.10 Å². The topological polar surface area (TPSA) is 65.6 Å². The van der Waals surface area contributed by atoms with Crippen molar-refractivity contribution >= 4 is 5.78 Å². The zero-order chi connectivity index (χ0) is 12.3. The van der Waals surface area contributed by atoms with Crippen LogP contribution >= 0.6 is 0 Å². The van der Waals surface area contributed by atoms with Gasteiger partial charge in [0.1, 0.15) is 12.2 Å². The largest absolute Gasteiger partial charge is 0.332 e. The first-order chi connectivity index (χ1) is 8.22. The zero-order valence-electron chi connectivity index (χ0n) is 10.00. The lowest BCUT2D eigenvalue weighted by Gasteiger charge is -2.03. The van der Waals surface area contributed by atoms with Crippen LogP contribution in [0.1, 0.15) is 29.8 Å². The van der Waals surface area contributed by atoms with Gasteiger partial charge in [-0.3, -0.25) is 4.79 Å². The van der Waals surface area contributed by atoms with Crippen molar-refractivity contribution in [1.29, 1.82) is 0 Å². The molecule has 0 fully saturated rings. The van der Waals surface area contributed by atoms with Gasteiger partial charge in [-0.25, -0.2) is 14.6 Å². The highest BCUT2D eigenvalue weighted by atomic mass is 16.1. The minimum atomic E-state index is -0.0390. The van der Waals surface area contributed by atoms with E-state index in [4.69, 9.17) is 0 Å². The summed E-state index contributed by atoms with van der Waals surface area (Å²) in [6.07, 6.45) is 6.06. The molecule has 0 aliphatic carbocycles. The summed E-state index contributed by atoms with van der Waals surface area (Å²) in [6.45, 7) is 2.84. The highest BCUT2D eigenvalue weighted by Crippen LogP contribution is 2.03. The summed E-state index contributed by atoms with van der Waals surface area (Å²) in [5, 5.41) is 4.09. The van der Waals surface area contributed by atoms with Crippen molar-refractivity contribution in [2.75, 3.05) is 0 Å². The Hall–Kier alpha value is -1.98. The van der Waals surface area contributed by atoms with Gasteiger partial charge in [-0.15, -0.1) is 0 Å². The molecule has 0 bridgehead atoms. The Bertz CT molecular complexity index is 513. The van der Waals surface area contributed by atoms with Crippen molar-refractivity contribution in [1.82, 2.24) is 24.3 Å². The molecular weight excluding hydrogens is 218 g/mol. The number of ketones is 1. The zero-order valence-corrected chi connectivity index (χ0v) is 10.00. The molecule has 6 nitrogen and oxygen atoms in total. The minimum Gasteiger partial charge on any atom is -0.332 e. The number of aryl methyl sites for hydroxylation is 2. The van der Waals surface area contributed by atoms with Crippen LogP contribution in [0.5, 0.6) is 0 Å². The van der Waals surface area contributed by atoms with E-state index in [9.17, 15) is 4.79 Å². The van der Waals surface area contributed by atoms with Crippen molar-refractivity contribution in [3.63, 3.8) is 0 Å². The van der Waals surface area contributed by atoms with Crippen LogP contribution in [0.15, 0.2) is 18.7 Å². The maximum Gasteiger partial charge on any atom is 0.205 e. The third-order valence-electron chi connectivity index (χ3n) is 2.52. The van der Waals surface area contributed by atoms with Crippen LogP contribution in [0.4, 0.5) is 0 Å². The molecule has 17 heavy (non-hydrogen) atoms. The molecule has 6 heteroatoms. The quantitative estimate of drug-likeness (QED) is 0.718. The standard InChI is InChI=1S/C11H15N5O/c1-3-5-16-10(13-8-14-16)7-9(17)11-12-4-6-15(11)2/h4,6,8H,3,5,7H2,1-2H3. The van der Waals surface area contributed by atoms with Crippen LogP contribution in [0.25, 0.3) is 0 Å². The second kappa shape index (κ2) is 4.90. The number of rotatable bonds is 5. The molecule has 0 aliphatic heterocycles. The lowest BCUT2D eigenvalue weighted by Crippen LogP contribution is -2.14. The summed E-state index contributed by atoms with van der Waals surface area (Å²) in [4.78, 5) is 20.1. The van der Waals surface area contributed by atoms with Gasteiger partial charge in [0, 0.05) is 26.0 Å². The molecule has 90 valence electrons. The van der Waals surface area contributed by atoms with Crippen molar-refractivity contribution in [3.05, 3.63) is 30.4 Å². The molecule has 0 aliphatic rings. The van der Waals surface area contributed by atoms with Crippen molar-refractivity contribution in [3.8, 4) is 0 Å². The van der Waals surface area contributed by atoms with E-state index in [0.717, 1.165) is 13.0 Å². The Balaban J connectivity index is 2.13. The molecule has 0 saturated carbocycles. The van der Waals surface area contributed by atoms with Crippen LogP contribution in [0.2, 0.25) is 0 Å². The highest BCUT2D eigenvalue weighted by molar-refractivity contribution is 5.93. The van der Waals surface area contributed by atoms with E-state index in [2.05, 4.69) is 22.0 Å². The van der Waals surface area contributed by atoms with E-state index in [0.29, 0.717) is 11.6 Å². The maximum atomic E-state index is 12.0. The summed E-state index contributed by atoms with van der Waals surface area (Å²) >= 11 is 0. The SMILES string of the molecule is CCCn1ncnc1CC(=O)c1nccn1C. The lowest BCUT2D eigenvalue weighted by molar-refractivity contribution is 0.0976. The van der Waals surface area contributed by atoms with E-state index < -0.39 is 0 Å². The number of carbonyl (C=O) groups excluding carboxylic acids is 1. The number of imidazole rings is 1. The van der Waals surface area contributed by atoms with Gasteiger partial charge in [-0.1, -0.05) is 6.92 Å². The maximum absolute atomic E-state index is 12.0. The molecule has 0 N–H and O–H groups in total. The minimum absolute atomic E-state index is 0.0390. The molecule has 0 saturated heterocycles. The van der Waals surface area contributed by atoms with E-state index in [1.807, 2.05) is 0 Å². The smallest absolute Gasteiger partial charge is 0.205 e. The van der Waals surface area contributed by atoms with E-state index in [1.165, 1.54) is 6.33 Å². The van der Waals surface area contributed by atoms with Gasteiger partial charge >= 0.3 is 0 Å². The van der Waals surface area contributed by atoms with Crippen LogP contribution < -0.4 is 0 Å². The second-order valence-electron chi connectivity index (χ2n) is 3.86. The van der Waals surface area contributed by atoms with Crippen molar-refractivity contribution < 1.29 is 4.79 Å². The van der Waals surface area contributed by atoms with Gasteiger partial charge in [0.05, 0.1) is 6.42 Å². The number of Topliss-reactive ketones (excluding diaryl/α,β-unsaturated/α-hetero) is 1. The summed E-state index contributed by atoms with van der Waals surface area (Å²) in [7, 11) is 1.80. The molecule has 2 heterocycles. The predicted molar refractivity (Wildman–Crippen MR) is 61.6 cm³/mol. The molecule has 2 aromatic heterocycles. The van der Waals surface area contributed by atoms with Crippen molar-refractivity contribution in [2.45, 2.75) is 26.3 Å². The fourth-order valence-electron chi connectivity index (χ4n) is 1.68. The number of hydrogen-bond donors (Lipinski definition) is 0. The second-order valence-corrected chi connectivity index (χ2v) is 3.86. The fourth-order valence-corrected chi connectivity index (χ4v) is 1.68. The molecule has 0 aromatic carbocycles. The summed E-state index contributed by atoms with van der Waals surface area (Å²) < 4.78 is 3.48. The van der Waals surface area contributed by atoms with Crippen LogP contribution in [0, 0.1) is 0 Å². The normalized spacial score (nSPS) is 10.7. The number of aromatic nitrogens is 5. The first-order valence-corrected chi connectivity index (χ1v) is 5.59. The molecule has 0 radical (unpaired) electrons. The van der Waals surface area contributed by atoms with E-state index in [1.54, 1.807) is 28.7 Å². The fraction of sp³-hybridized carbons (Fsp3) is 0.455. The predicted octanol–water partition coefficient (Wildman–Crippen LogP) is 0.847. The van der Waals surface area contributed by atoms with E-state index >= 15 is 0 Å². The van der Waals surface area contributed by atoms with Crippen LogP contribution in [0.3, 0.4) is 0 Å². The molecule has 0 amide bonds. The first kappa shape index (κ1) is 11.5. The summed E-state index contributed by atoms with van der Waals surface area (Å²) in [5.74, 6) is 1.11. The Morgan fingerprint density at radius 3 is 2.88 bits per heavy atom. The summed E-state index contributed by atoms with van der Waals surface area (Å²) in [5.41, 5.74) is 0. The molecule has 2 rings (SSSR count). The van der Waals surface area contributed by atoms with Gasteiger partial charge in [0.2, 0.25) is 5.78 Å². The molecular formula is C11H15N5O. The Kier molecular flexibility index (Phi) is 3.32. The van der Waals surface area contributed by atoms with Gasteiger partial charge < -0.3 is 4.57 Å². The molecule has 0 spiro atoms. The highest BCUT2D eigenvalue weighted by Gasteiger charge is 2.15. The third-order valence-corrected chi connectivity index (χ3v) is 2.52.